The number of rotatable bonds is 6. The van der Waals surface area contributed by atoms with Crippen molar-refractivity contribution in [3.8, 4) is 5.75 Å². The van der Waals surface area contributed by atoms with Crippen molar-refractivity contribution in [1.82, 2.24) is 5.32 Å². The van der Waals surface area contributed by atoms with Crippen molar-refractivity contribution in [1.29, 1.82) is 0 Å². The Bertz CT molecular complexity index is 441. The smallest absolute Gasteiger partial charge is 0.165 e. The Morgan fingerprint density at radius 1 is 1.30 bits per heavy atom. The Kier molecular flexibility index (Phi) is 5.03. The van der Waals surface area contributed by atoms with E-state index >= 15 is 0 Å². The first-order chi connectivity index (χ1) is 9.66. The topological polar surface area (TPSA) is 21.3 Å². The zero-order chi connectivity index (χ0) is 14.6. The largest absolute Gasteiger partial charge is 0.494 e. The van der Waals surface area contributed by atoms with Gasteiger partial charge in [0.25, 0.3) is 0 Å². The van der Waals surface area contributed by atoms with Crippen LogP contribution in [-0.2, 0) is 0 Å². The fourth-order valence-electron chi connectivity index (χ4n) is 3.68. The molecule has 1 aromatic carbocycles. The molecule has 0 bridgehead atoms. The molecule has 1 atom stereocenters. The summed E-state index contributed by atoms with van der Waals surface area (Å²) in [6.07, 6.45) is 6.17. The second-order valence-corrected chi connectivity index (χ2v) is 5.81. The van der Waals surface area contributed by atoms with Crippen molar-refractivity contribution in [2.24, 2.45) is 5.41 Å². The molecule has 0 radical (unpaired) electrons. The van der Waals surface area contributed by atoms with Crippen molar-refractivity contribution >= 4 is 0 Å². The Hall–Kier alpha value is -1.09. The SMILES string of the molecule is CCNC(c1ccc(OC)c(F)c1)C1(CC)CCCC1. The molecule has 0 aromatic heterocycles. The van der Waals surface area contributed by atoms with Crippen LogP contribution in [0, 0.1) is 11.2 Å². The summed E-state index contributed by atoms with van der Waals surface area (Å²) in [5.74, 6) is 0.0538. The van der Waals surface area contributed by atoms with Crippen molar-refractivity contribution < 1.29 is 9.13 Å². The highest BCUT2D eigenvalue weighted by atomic mass is 19.1. The Morgan fingerprint density at radius 2 is 2.00 bits per heavy atom. The lowest BCUT2D eigenvalue weighted by Gasteiger charge is -2.38. The maximum absolute atomic E-state index is 14.0. The molecular weight excluding hydrogens is 253 g/mol. The maximum atomic E-state index is 14.0. The van der Waals surface area contributed by atoms with Crippen LogP contribution in [0.3, 0.4) is 0 Å². The van der Waals surface area contributed by atoms with Gasteiger partial charge in [-0.15, -0.1) is 0 Å². The van der Waals surface area contributed by atoms with Gasteiger partial charge in [0.15, 0.2) is 11.6 Å². The summed E-state index contributed by atoms with van der Waals surface area (Å²) in [6.45, 7) is 5.28. The summed E-state index contributed by atoms with van der Waals surface area (Å²) in [5.41, 5.74) is 1.32. The minimum atomic E-state index is -0.267. The fraction of sp³-hybridized carbons (Fsp3) is 0.647. The molecule has 1 aliphatic carbocycles. The van der Waals surface area contributed by atoms with Gasteiger partial charge in [-0.1, -0.05) is 32.8 Å². The Labute approximate surface area is 121 Å². The third-order valence-corrected chi connectivity index (χ3v) is 4.83. The third kappa shape index (κ3) is 2.83. The van der Waals surface area contributed by atoms with Crippen molar-refractivity contribution in [3.05, 3.63) is 29.6 Å². The van der Waals surface area contributed by atoms with Gasteiger partial charge in [0, 0.05) is 6.04 Å². The molecule has 0 heterocycles. The Balaban J connectivity index is 2.35. The molecular formula is C17H26FNO. The van der Waals surface area contributed by atoms with Crippen LogP contribution in [-0.4, -0.2) is 13.7 Å². The van der Waals surface area contributed by atoms with Crippen LogP contribution >= 0.6 is 0 Å². The molecule has 112 valence electrons. The molecule has 20 heavy (non-hydrogen) atoms. The highest BCUT2D eigenvalue weighted by Crippen LogP contribution is 2.50. The minimum Gasteiger partial charge on any atom is -0.494 e. The molecule has 1 aromatic rings. The number of ether oxygens (including phenoxy) is 1. The normalized spacial score (nSPS) is 19.0. The average Bonchev–Trinajstić information content (AvgIpc) is 2.94. The molecule has 1 saturated carbocycles. The van der Waals surface area contributed by atoms with Crippen LogP contribution in [0.2, 0.25) is 0 Å². The molecule has 3 heteroatoms. The summed E-state index contributed by atoms with van der Waals surface area (Å²) < 4.78 is 19.0. The fourth-order valence-corrected chi connectivity index (χ4v) is 3.68. The third-order valence-electron chi connectivity index (χ3n) is 4.83. The van der Waals surface area contributed by atoms with Crippen LogP contribution < -0.4 is 10.1 Å². The van der Waals surface area contributed by atoms with Gasteiger partial charge in [0.05, 0.1) is 7.11 Å². The number of methoxy groups -OCH3 is 1. The molecule has 0 saturated heterocycles. The average molecular weight is 279 g/mol. The summed E-state index contributed by atoms with van der Waals surface area (Å²) in [4.78, 5) is 0. The number of halogens is 1. The maximum Gasteiger partial charge on any atom is 0.165 e. The van der Waals surface area contributed by atoms with Crippen LogP contribution in [0.25, 0.3) is 0 Å². The van der Waals surface area contributed by atoms with E-state index in [1.807, 2.05) is 6.07 Å². The van der Waals surface area contributed by atoms with Gasteiger partial charge in [0.1, 0.15) is 0 Å². The van der Waals surface area contributed by atoms with Crippen molar-refractivity contribution in [2.45, 2.75) is 52.0 Å². The summed E-state index contributed by atoms with van der Waals surface area (Å²) in [7, 11) is 1.50. The summed E-state index contributed by atoms with van der Waals surface area (Å²) in [5, 5.41) is 3.59. The first kappa shape index (κ1) is 15.3. The van der Waals surface area contributed by atoms with Crippen molar-refractivity contribution in [2.75, 3.05) is 13.7 Å². The molecule has 1 unspecified atom stereocenters. The minimum absolute atomic E-state index is 0.236. The van der Waals surface area contributed by atoms with Gasteiger partial charge in [-0.05, 0) is 48.9 Å². The number of nitrogens with one attached hydrogen (secondary N) is 1. The lowest BCUT2D eigenvalue weighted by molar-refractivity contribution is 0.188. The zero-order valence-electron chi connectivity index (χ0n) is 12.8. The lowest BCUT2D eigenvalue weighted by Crippen LogP contribution is -2.36. The van der Waals surface area contributed by atoms with E-state index in [1.54, 1.807) is 12.1 Å². The standard InChI is InChI=1S/C17H26FNO/c1-4-17(10-6-7-11-17)16(19-5-2)13-8-9-15(20-3)14(18)12-13/h8-9,12,16,19H,4-7,10-11H2,1-3H3. The molecule has 0 spiro atoms. The van der Waals surface area contributed by atoms with Gasteiger partial charge in [0.2, 0.25) is 0 Å². The van der Waals surface area contributed by atoms with Gasteiger partial charge in [-0.25, -0.2) is 4.39 Å². The second-order valence-electron chi connectivity index (χ2n) is 5.81. The highest BCUT2D eigenvalue weighted by molar-refractivity contribution is 5.32. The molecule has 1 aliphatic rings. The molecule has 1 fully saturated rings. The molecule has 0 amide bonds. The Morgan fingerprint density at radius 3 is 2.50 bits per heavy atom. The van der Waals surface area contributed by atoms with Crippen LogP contribution in [0.1, 0.15) is 57.6 Å². The van der Waals surface area contributed by atoms with Gasteiger partial charge in [-0.2, -0.15) is 0 Å². The van der Waals surface area contributed by atoms with Crippen LogP contribution in [0.15, 0.2) is 18.2 Å². The lowest BCUT2D eigenvalue weighted by atomic mass is 9.73. The number of hydrogen-bond acceptors (Lipinski definition) is 2. The molecule has 2 rings (SSSR count). The van der Waals surface area contributed by atoms with E-state index in [1.165, 1.54) is 32.8 Å². The second kappa shape index (κ2) is 6.57. The van der Waals surface area contributed by atoms with E-state index in [9.17, 15) is 4.39 Å². The van der Waals surface area contributed by atoms with Gasteiger partial charge < -0.3 is 10.1 Å². The quantitative estimate of drug-likeness (QED) is 0.830. The first-order valence-electron chi connectivity index (χ1n) is 7.73. The van der Waals surface area contributed by atoms with Gasteiger partial charge in [-0.3, -0.25) is 0 Å². The van der Waals surface area contributed by atoms with E-state index in [2.05, 4.69) is 19.2 Å². The predicted molar refractivity (Wildman–Crippen MR) is 80.6 cm³/mol. The molecule has 1 N–H and O–H groups in total. The highest BCUT2D eigenvalue weighted by Gasteiger charge is 2.40. The van der Waals surface area contributed by atoms with Crippen LogP contribution in [0.4, 0.5) is 4.39 Å². The summed E-state index contributed by atoms with van der Waals surface area (Å²) in [6, 6.07) is 5.63. The van der Waals surface area contributed by atoms with E-state index in [0.717, 1.165) is 18.5 Å². The van der Waals surface area contributed by atoms with E-state index in [0.29, 0.717) is 5.75 Å². The number of hydrogen-bond donors (Lipinski definition) is 1. The first-order valence-corrected chi connectivity index (χ1v) is 7.73. The van der Waals surface area contributed by atoms with Gasteiger partial charge >= 0.3 is 0 Å². The molecule has 0 aliphatic heterocycles. The monoisotopic (exact) mass is 279 g/mol. The molecule has 2 nitrogen and oxygen atoms in total. The van der Waals surface area contributed by atoms with Crippen LogP contribution in [0.5, 0.6) is 5.75 Å². The summed E-state index contributed by atoms with van der Waals surface area (Å²) >= 11 is 0. The van der Waals surface area contributed by atoms with Crippen molar-refractivity contribution in [3.63, 3.8) is 0 Å². The van der Waals surface area contributed by atoms with E-state index < -0.39 is 0 Å². The zero-order valence-corrected chi connectivity index (χ0v) is 12.8. The van der Waals surface area contributed by atoms with E-state index in [4.69, 9.17) is 4.74 Å². The predicted octanol–water partition coefficient (Wildman–Crippen LogP) is 4.46. The van der Waals surface area contributed by atoms with E-state index in [-0.39, 0.29) is 17.3 Å². The number of benzene rings is 1.